The first-order valence-corrected chi connectivity index (χ1v) is 9.53. The van der Waals surface area contributed by atoms with Crippen molar-refractivity contribution in [2.75, 3.05) is 13.7 Å². The van der Waals surface area contributed by atoms with Crippen molar-refractivity contribution in [3.8, 4) is 0 Å². The fourth-order valence-electron chi connectivity index (χ4n) is 3.80. The number of hydrogen-bond acceptors (Lipinski definition) is 5. The minimum absolute atomic E-state index is 0.148. The highest BCUT2D eigenvalue weighted by Gasteiger charge is 2.52. The van der Waals surface area contributed by atoms with Gasteiger partial charge in [-0.25, -0.2) is 0 Å². The molecule has 1 aliphatic carbocycles. The van der Waals surface area contributed by atoms with Crippen LogP contribution in [0.3, 0.4) is 0 Å². The zero-order valence-electron chi connectivity index (χ0n) is 16.7. The Bertz CT molecular complexity index is 721. The number of Topliss-reactive ketones (excluding diaryl/α,β-unsaturated/α-hetero) is 2. The normalized spacial score (nSPS) is 23.3. The summed E-state index contributed by atoms with van der Waals surface area (Å²) < 4.78 is 4.85. The van der Waals surface area contributed by atoms with Crippen molar-refractivity contribution in [1.82, 2.24) is 0 Å². The summed E-state index contributed by atoms with van der Waals surface area (Å²) in [5.74, 6) is -2.93. The van der Waals surface area contributed by atoms with E-state index in [1.54, 1.807) is 0 Å². The monoisotopic (exact) mass is 371 g/mol. The van der Waals surface area contributed by atoms with Gasteiger partial charge >= 0.3 is 5.97 Å². The van der Waals surface area contributed by atoms with E-state index in [0.717, 1.165) is 12.0 Å². The van der Waals surface area contributed by atoms with Crippen LogP contribution in [0.1, 0.15) is 45.6 Å². The maximum atomic E-state index is 13.1. The van der Waals surface area contributed by atoms with E-state index in [1.807, 2.05) is 51.1 Å². The zero-order valence-corrected chi connectivity index (χ0v) is 16.7. The molecule has 5 heteroatoms. The molecular formula is C22H29NO4. The SMILES string of the molecule is CCCC(=O)[C@H]1C(=O)[C@H](C(=O)OC)C(C)(C)CC1=NCCc1ccccc1. The molecule has 0 spiro atoms. The summed E-state index contributed by atoms with van der Waals surface area (Å²) in [4.78, 5) is 42.6. The molecule has 0 radical (unpaired) electrons. The quantitative estimate of drug-likeness (QED) is 0.544. The van der Waals surface area contributed by atoms with Crippen LogP contribution in [-0.4, -0.2) is 36.9 Å². The summed E-state index contributed by atoms with van der Waals surface area (Å²) in [6, 6.07) is 9.98. The van der Waals surface area contributed by atoms with Crippen LogP contribution in [0.4, 0.5) is 0 Å². The van der Waals surface area contributed by atoms with Crippen molar-refractivity contribution >= 4 is 23.2 Å². The summed E-state index contributed by atoms with van der Waals surface area (Å²) >= 11 is 0. The predicted octanol–water partition coefficient (Wildman–Crippen LogP) is 3.44. The number of methoxy groups -OCH3 is 1. The molecule has 0 heterocycles. The number of ether oxygens (including phenoxy) is 1. The van der Waals surface area contributed by atoms with E-state index in [9.17, 15) is 14.4 Å². The predicted molar refractivity (Wildman–Crippen MR) is 105 cm³/mol. The molecule has 0 aliphatic heterocycles. The first-order chi connectivity index (χ1) is 12.8. The number of nitrogens with zero attached hydrogens (tertiary/aromatic N) is 1. The molecule has 0 bridgehead atoms. The topological polar surface area (TPSA) is 72.8 Å². The third kappa shape index (κ3) is 4.90. The smallest absolute Gasteiger partial charge is 0.316 e. The van der Waals surface area contributed by atoms with E-state index in [2.05, 4.69) is 4.99 Å². The Morgan fingerprint density at radius 2 is 1.89 bits per heavy atom. The molecule has 1 aliphatic rings. The van der Waals surface area contributed by atoms with Crippen LogP contribution in [0.25, 0.3) is 0 Å². The lowest BCUT2D eigenvalue weighted by Gasteiger charge is -2.39. The standard InChI is InChI=1S/C22H29NO4/c1-5-9-17(24)18-16(23-13-12-15-10-7-6-8-11-15)14-22(2,3)19(20(18)25)21(26)27-4/h6-8,10-11,18-19H,5,9,12-14H2,1-4H3/t18-,19+/m0/s1. The Morgan fingerprint density at radius 1 is 1.22 bits per heavy atom. The van der Waals surface area contributed by atoms with Gasteiger partial charge in [0.05, 0.1) is 7.11 Å². The maximum Gasteiger partial charge on any atom is 0.316 e. The number of aliphatic imine (C=N–C) groups is 1. The van der Waals surface area contributed by atoms with E-state index >= 15 is 0 Å². The molecule has 2 atom stereocenters. The second kappa shape index (κ2) is 9.07. The van der Waals surface area contributed by atoms with Crippen LogP contribution in [0, 0.1) is 17.3 Å². The first-order valence-electron chi connectivity index (χ1n) is 9.53. The van der Waals surface area contributed by atoms with Gasteiger partial charge in [-0.2, -0.15) is 0 Å². The second-order valence-electron chi connectivity index (χ2n) is 7.78. The van der Waals surface area contributed by atoms with Crippen molar-refractivity contribution in [3.05, 3.63) is 35.9 Å². The van der Waals surface area contributed by atoms with Crippen LogP contribution < -0.4 is 0 Å². The molecule has 5 nitrogen and oxygen atoms in total. The molecule has 1 aromatic carbocycles. The van der Waals surface area contributed by atoms with Gasteiger partial charge < -0.3 is 4.74 Å². The zero-order chi connectivity index (χ0) is 20.0. The largest absolute Gasteiger partial charge is 0.468 e. The van der Waals surface area contributed by atoms with E-state index in [1.165, 1.54) is 7.11 Å². The second-order valence-corrected chi connectivity index (χ2v) is 7.78. The van der Waals surface area contributed by atoms with Crippen molar-refractivity contribution in [1.29, 1.82) is 0 Å². The summed E-state index contributed by atoms with van der Waals surface area (Å²) in [6.45, 7) is 6.14. The van der Waals surface area contributed by atoms with E-state index in [-0.39, 0.29) is 11.6 Å². The summed E-state index contributed by atoms with van der Waals surface area (Å²) in [5, 5.41) is 0. The van der Waals surface area contributed by atoms with Crippen LogP contribution >= 0.6 is 0 Å². The minimum atomic E-state index is -0.929. The van der Waals surface area contributed by atoms with Crippen molar-refractivity contribution in [3.63, 3.8) is 0 Å². The third-order valence-electron chi connectivity index (χ3n) is 5.13. The molecule has 27 heavy (non-hydrogen) atoms. The molecular weight excluding hydrogens is 342 g/mol. The molecule has 0 unspecified atom stereocenters. The van der Waals surface area contributed by atoms with Gasteiger partial charge in [0.2, 0.25) is 0 Å². The van der Waals surface area contributed by atoms with E-state index in [0.29, 0.717) is 31.5 Å². The number of carbonyl (C=O) groups is 3. The Balaban J connectivity index is 2.29. The molecule has 1 saturated carbocycles. The number of esters is 1. The molecule has 1 aromatic rings. The van der Waals surface area contributed by atoms with Gasteiger partial charge in [-0.05, 0) is 30.2 Å². The molecule has 2 rings (SSSR count). The molecule has 0 amide bonds. The van der Waals surface area contributed by atoms with Gasteiger partial charge in [0.1, 0.15) is 17.6 Å². The fourth-order valence-corrected chi connectivity index (χ4v) is 3.80. The number of rotatable bonds is 7. The van der Waals surface area contributed by atoms with Crippen LogP contribution in [0.15, 0.2) is 35.3 Å². The van der Waals surface area contributed by atoms with Gasteiger partial charge in [0, 0.05) is 18.7 Å². The van der Waals surface area contributed by atoms with Gasteiger partial charge in [-0.1, -0.05) is 51.1 Å². The van der Waals surface area contributed by atoms with Gasteiger partial charge in [-0.15, -0.1) is 0 Å². The Kier molecular flexibility index (Phi) is 7.05. The lowest BCUT2D eigenvalue weighted by atomic mass is 9.62. The van der Waals surface area contributed by atoms with Crippen molar-refractivity contribution in [2.45, 2.75) is 46.5 Å². The highest BCUT2D eigenvalue weighted by Crippen LogP contribution is 2.41. The summed E-state index contributed by atoms with van der Waals surface area (Å²) in [5.41, 5.74) is 1.14. The first kappa shape index (κ1) is 21.0. The van der Waals surface area contributed by atoms with E-state index < -0.39 is 23.2 Å². The highest BCUT2D eigenvalue weighted by molar-refractivity contribution is 6.26. The lowest BCUT2D eigenvalue weighted by molar-refractivity contribution is -0.156. The Labute approximate surface area is 161 Å². The Morgan fingerprint density at radius 3 is 2.48 bits per heavy atom. The number of hydrogen-bond donors (Lipinski definition) is 0. The lowest BCUT2D eigenvalue weighted by Crippen LogP contribution is -2.52. The summed E-state index contributed by atoms with van der Waals surface area (Å²) in [6.07, 6.45) is 2.15. The van der Waals surface area contributed by atoms with Crippen molar-refractivity contribution in [2.24, 2.45) is 22.2 Å². The Hall–Kier alpha value is -2.30. The average Bonchev–Trinajstić information content (AvgIpc) is 2.61. The number of benzene rings is 1. The third-order valence-corrected chi connectivity index (χ3v) is 5.13. The van der Waals surface area contributed by atoms with Gasteiger partial charge in [-0.3, -0.25) is 19.4 Å². The molecule has 0 N–H and O–H groups in total. The van der Waals surface area contributed by atoms with E-state index in [4.69, 9.17) is 4.74 Å². The molecule has 0 aromatic heterocycles. The fraction of sp³-hybridized carbons (Fsp3) is 0.545. The molecule has 0 saturated heterocycles. The van der Waals surface area contributed by atoms with Crippen LogP contribution in [0.5, 0.6) is 0 Å². The maximum absolute atomic E-state index is 13.1. The van der Waals surface area contributed by atoms with Gasteiger partial charge in [0.15, 0.2) is 5.78 Å². The summed E-state index contributed by atoms with van der Waals surface area (Å²) in [7, 11) is 1.28. The highest BCUT2D eigenvalue weighted by atomic mass is 16.5. The molecule has 1 fully saturated rings. The van der Waals surface area contributed by atoms with Crippen LogP contribution in [0.2, 0.25) is 0 Å². The number of carbonyl (C=O) groups excluding carboxylic acids is 3. The average molecular weight is 371 g/mol. The number of ketones is 2. The van der Waals surface area contributed by atoms with Crippen LogP contribution in [-0.2, 0) is 25.5 Å². The van der Waals surface area contributed by atoms with Crippen molar-refractivity contribution < 1.29 is 19.1 Å². The minimum Gasteiger partial charge on any atom is -0.468 e. The van der Waals surface area contributed by atoms with Gasteiger partial charge in [0.25, 0.3) is 0 Å². The molecule has 146 valence electrons.